The van der Waals surface area contributed by atoms with Crippen molar-refractivity contribution in [2.24, 2.45) is 0 Å². The Hall–Kier alpha value is -1.02. The van der Waals surface area contributed by atoms with Gasteiger partial charge < -0.3 is 28.8 Å². The molecule has 9 heteroatoms. The Balaban J connectivity index is 4.28. The Bertz CT molecular complexity index is 1000. The SMILES string of the molecule is CCCCCC/C=C\CCCCCCCC(=O)NC(COP(=O)([O-])OCC[N+](C)(C)C)C(O)/C=C/CCCCCCCCCCCCCCCCCCCCCCC. The van der Waals surface area contributed by atoms with Crippen LogP contribution in [0.2, 0.25) is 0 Å². The lowest BCUT2D eigenvalue weighted by Crippen LogP contribution is -2.45. The van der Waals surface area contributed by atoms with Gasteiger partial charge in [-0.1, -0.05) is 205 Å². The standard InChI is InChI=1S/C49H97N2O6P/c1-6-8-10-12-14-16-18-20-21-22-23-24-25-26-27-28-29-31-32-34-36-38-40-42-48(52)47(46-57-58(54,55)56-45-44-51(3,4)5)50-49(53)43-41-39-37-35-33-30-19-17-15-13-11-9-7-2/h17,19,40,42,47-48,52H,6-16,18,20-39,41,43-46H2,1-5H3,(H-,50,53,54,55)/b19-17-,42-40+. The largest absolute Gasteiger partial charge is 0.756 e. The Morgan fingerprint density at radius 1 is 0.586 bits per heavy atom. The van der Waals surface area contributed by atoms with Crippen LogP contribution in [0.1, 0.15) is 232 Å². The minimum Gasteiger partial charge on any atom is -0.756 e. The van der Waals surface area contributed by atoms with Crippen molar-refractivity contribution in [2.45, 2.75) is 244 Å². The number of unbranched alkanes of at least 4 members (excludes halogenated alkanes) is 30. The van der Waals surface area contributed by atoms with Crippen molar-refractivity contribution < 1.29 is 32.9 Å². The maximum atomic E-state index is 12.9. The highest BCUT2D eigenvalue weighted by Crippen LogP contribution is 2.38. The van der Waals surface area contributed by atoms with Crippen molar-refractivity contribution in [3.63, 3.8) is 0 Å². The Kier molecular flexibility index (Phi) is 40.6. The number of carbonyl (C=O) groups excluding carboxylic acids is 1. The number of hydrogen-bond acceptors (Lipinski definition) is 6. The number of allylic oxidation sites excluding steroid dienone is 3. The molecule has 0 heterocycles. The first-order valence-electron chi connectivity index (χ1n) is 24.7. The molecule has 0 bridgehead atoms. The molecule has 0 aromatic heterocycles. The fourth-order valence-corrected chi connectivity index (χ4v) is 7.93. The number of phosphoric acid groups is 1. The van der Waals surface area contributed by atoms with Crippen molar-refractivity contribution in [2.75, 3.05) is 40.9 Å². The van der Waals surface area contributed by atoms with E-state index in [9.17, 15) is 19.4 Å². The third kappa shape index (κ3) is 43.1. The summed E-state index contributed by atoms with van der Waals surface area (Å²) in [6.45, 7) is 4.64. The van der Waals surface area contributed by atoms with Crippen LogP contribution in [0.4, 0.5) is 0 Å². The van der Waals surface area contributed by atoms with Crippen molar-refractivity contribution in [1.82, 2.24) is 5.32 Å². The molecule has 0 aliphatic carbocycles. The number of rotatable bonds is 45. The molecule has 0 radical (unpaired) electrons. The molecule has 2 N–H and O–H groups in total. The summed E-state index contributed by atoms with van der Waals surface area (Å²) in [4.78, 5) is 25.3. The van der Waals surface area contributed by atoms with Gasteiger partial charge in [-0.15, -0.1) is 0 Å². The third-order valence-electron chi connectivity index (χ3n) is 11.2. The molecular weight excluding hydrogens is 744 g/mol. The van der Waals surface area contributed by atoms with Crippen molar-refractivity contribution >= 4 is 13.7 Å². The van der Waals surface area contributed by atoms with Crippen LogP contribution in [-0.4, -0.2) is 68.5 Å². The number of nitrogens with zero attached hydrogens (tertiary/aromatic N) is 1. The zero-order valence-corrected chi connectivity index (χ0v) is 39.9. The zero-order valence-electron chi connectivity index (χ0n) is 39.0. The van der Waals surface area contributed by atoms with E-state index in [1.807, 2.05) is 27.2 Å². The highest BCUT2D eigenvalue weighted by atomic mass is 31.2. The van der Waals surface area contributed by atoms with Crippen molar-refractivity contribution in [3.8, 4) is 0 Å². The van der Waals surface area contributed by atoms with Gasteiger partial charge in [0.25, 0.3) is 7.82 Å². The summed E-state index contributed by atoms with van der Waals surface area (Å²) in [6.07, 6.45) is 49.5. The highest BCUT2D eigenvalue weighted by Gasteiger charge is 2.23. The molecule has 0 aromatic rings. The molecule has 58 heavy (non-hydrogen) atoms. The van der Waals surface area contributed by atoms with Gasteiger partial charge in [0, 0.05) is 6.42 Å². The Morgan fingerprint density at radius 2 is 0.948 bits per heavy atom. The van der Waals surface area contributed by atoms with Gasteiger partial charge in [0.2, 0.25) is 5.91 Å². The number of hydrogen-bond donors (Lipinski definition) is 2. The maximum Gasteiger partial charge on any atom is 0.268 e. The number of likely N-dealkylation sites (N-methyl/N-ethyl adjacent to an activating group) is 1. The fourth-order valence-electron chi connectivity index (χ4n) is 7.21. The summed E-state index contributed by atoms with van der Waals surface area (Å²) >= 11 is 0. The van der Waals surface area contributed by atoms with E-state index >= 15 is 0 Å². The molecule has 0 spiro atoms. The molecular formula is C49H97N2O6P. The van der Waals surface area contributed by atoms with E-state index in [0.717, 1.165) is 51.4 Å². The number of phosphoric ester groups is 1. The summed E-state index contributed by atoms with van der Waals surface area (Å²) in [7, 11) is 1.26. The van der Waals surface area contributed by atoms with Crippen LogP contribution in [0, 0.1) is 0 Å². The first-order chi connectivity index (χ1) is 28.0. The molecule has 3 atom stereocenters. The maximum absolute atomic E-state index is 12.9. The smallest absolute Gasteiger partial charge is 0.268 e. The average molecular weight is 841 g/mol. The van der Waals surface area contributed by atoms with Gasteiger partial charge in [-0.3, -0.25) is 9.36 Å². The lowest BCUT2D eigenvalue weighted by Gasteiger charge is -2.29. The van der Waals surface area contributed by atoms with Gasteiger partial charge in [0.1, 0.15) is 13.2 Å². The fraction of sp³-hybridized carbons (Fsp3) is 0.898. The van der Waals surface area contributed by atoms with E-state index in [1.54, 1.807) is 6.08 Å². The van der Waals surface area contributed by atoms with Gasteiger partial charge in [-0.25, -0.2) is 0 Å². The Morgan fingerprint density at radius 3 is 1.36 bits per heavy atom. The molecule has 0 saturated carbocycles. The van der Waals surface area contributed by atoms with Gasteiger partial charge in [-0.2, -0.15) is 0 Å². The highest BCUT2D eigenvalue weighted by molar-refractivity contribution is 7.45. The number of aliphatic hydroxyl groups is 1. The predicted octanol–water partition coefficient (Wildman–Crippen LogP) is 13.5. The van der Waals surface area contributed by atoms with Crippen molar-refractivity contribution in [1.29, 1.82) is 0 Å². The molecule has 0 aliphatic rings. The predicted molar refractivity (Wildman–Crippen MR) is 247 cm³/mol. The molecule has 0 fully saturated rings. The lowest BCUT2D eigenvalue weighted by molar-refractivity contribution is -0.870. The summed E-state index contributed by atoms with van der Waals surface area (Å²) in [5.74, 6) is -0.205. The second-order valence-electron chi connectivity index (χ2n) is 18.2. The van der Waals surface area contributed by atoms with Crippen LogP contribution in [0.25, 0.3) is 0 Å². The van der Waals surface area contributed by atoms with Crippen LogP contribution >= 0.6 is 7.82 Å². The monoisotopic (exact) mass is 841 g/mol. The van der Waals surface area contributed by atoms with E-state index in [4.69, 9.17) is 9.05 Å². The topological polar surface area (TPSA) is 108 Å². The van der Waals surface area contributed by atoms with Crippen LogP contribution in [0.3, 0.4) is 0 Å². The lowest BCUT2D eigenvalue weighted by atomic mass is 10.0. The van der Waals surface area contributed by atoms with Gasteiger partial charge in [0.05, 0.1) is 39.9 Å². The normalized spacial score (nSPS) is 14.4. The molecule has 8 nitrogen and oxygen atoms in total. The molecule has 344 valence electrons. The molecule has 0 rings (SSSR count). The number of aliphatic hydroxyl groups excluding tert-OH is 1. The zero-order chi connectivity index (χ0) is 42.8. The van der Waals surface area contributed by atoms with Crippen LogP contribution < -0.4 is 10.2 Å². The quantitative estimate of drug-likeness (QED) is 0.0274. The number of nitrogens with one attached hydrogen (secondary N) is 1. The van der Waals surface area contributed by atoms with Gasteiger partial charge in [0.15, 0.2) is 0 Å². The van der Waals surface area contributed by atoms with E-state index in [-0.39, 0.29) is 19.1 Å². The number of carbonyl (C=O) groups is 1. The van der Waals surface area contributed by atoms with Crippen LogP contribution in [0.15, 0.2) is 24.3 Å². The van der Waals surface area contributed by atoms with Crippen molar-refractivity contribution in [3.05, 3.63) is 24.3 Å². The first-order valence-corrected chi connectivity index (χ1v) is 26.2. The van der Waals surface area contributed by atoms with Gasteiger partial charge >= 0.3 is 0 Å². The molecule has 3 unspecified atom stereocenters. The molecule has 1 amide bonds. The van der Waals surface area contributed by atoms with Gasteiger partial charge in [-0.05, 0) is 44.9 Å². The molecule has 0 aliphatic heterocycles. The minimum absolute atomic E-state index is 0.00139. The number of quaternary nitrogens is 1. The average Bonchev–Trinajstić information content (AvgIpc) is 3.17. The molecule has 0 saturated heterocycles. The summed E-state index contributed by atoms with van der Waals surface area (Å²) < 4.78 is 23.2. The second kappa shape index (κ2) is 41.3. The minimum atomic E-state index is -4.59. The van der Waals surface area contributed by atoms with E-state index in [1.165, 1.54) is 161 Å². The summed E-state index contributed by atoms with van der Waals surface area (Å²) in [6, 6.07) is -0.888. The van der Waals surface area contributed by atoms with E-state index in [2.05, 4.69) is 31.3 Å². The van der Waals surface area contributed by atoms with Crippen LogP contribution in [-0.2, 0) is 18.4 Å². The van der Waals surface area contributed by atoms with Crippen LogP contribution in [0.5, 0.6) is 0 Å². The summed E-state index contributed by atoms with van der Waals surface area (Å²) in [5, 5.41) is 13.8. The van der Waals surface area contributed by atoms with E-state index < -0.39 is 20.0 Å². The Labute approximate surface area is 360 Å². The van der Waals surface area contributed by atoms with E-state index in [0.29, 0.717) is 17.4 Å². The summed E-state index contributed by atoms with van der Waals surface area (Å²) in [5.41, 5.74) is 0. The third-order valence-corrected chi connectivity index (χ3v) is 12.1. The first kappa shape index (κ1) is 57.0. The second-order valence-corrected chi connectivity index (χ2v) is 19.6. The number of amides is 1. The molecule has 0 aromatic carbocycles.